The van der Waals surface area contributed by atoms with E-state index in [1.165, 1.54) is 37.9 Å². The summed E-state index contributed by atoms with van der Waals surface area (Å²) in [4.78, 5) is 0. The van der Waals surface area contributed by atoms with Crippen molar-refractivity contribution in [3.63, 3.8) is 0 Å². The molecular formula is C12H20N4. The van der Waals surface area contributed by atoms with E-state index in [0.717, 1.165) is 24.8 Å². The first-order valence-electron chi connectivity index (χ1n) is 6.47. The number of rotatable bonds is 3. The second kappa shape index (κ2) is 4.17. The molecule has 16 heavy (non-hydrogen) atoms. The lowest BCUT2D eigenvalue weighted by Gasteiger charge is -2.23. The smallest absolute Gasteiger partial charge is 0.150 e. The molecule has 1 aromatic heterocycles. The van der Waals surface area contributed by atoms with Gasteiger partial charge in [0.1, 0.15) is 11.6 Å². The monoisotopic (exact) mass is 220 g/mol. The molecule has 2 fully saturated rings. The van der Waals surface area contributed by atoms with Crippen LogP contribution in [0.2, 0.25) is 0 Å². The van der Waals surface area contributed by atoms with Crippen LogP contribution < -0.4 is 5.32 Å². The van der Waals surface area contributed by atoms with Gasteiger partial charge in [-0.1, -0.05) is 6.42 Å². The van der Waals surface area contributed by atoms with Crippen LogP contribution in [-0.2, 0) is 6.54 Å². The Bertz CT molecular complexity index is 361. The van der Waals surface area contributed by atoms with Crippen LogP contribution in [0.25, 0.3) is 0 Å². The third-order valence-electron chi connectivity index (χ3n) is 3.72. The molecule has 0 amide bonds. The summed E-state index contributed by atoms with van der Waals surface area (Å²) in [5, 5.41) is 12.2. The quantitative estimate of drug-likeness (QED) is 0.844. The summed E-state index contributed by atoms with van der Waals surface area (Å²) in [6.45, 7) is 4.33. The van der Waals surface area contributed by atoms with Crippen LogP contribution in [0.4, 0.5) is 0 Å². The molecule has 1 aliphatic heterocycles. The molecule has 4 heteroatoms. The van der Waals surface area contributed by atoms with E-state index in [2.05, 4.69) is 27.0 Å². The molecule has 1 saturated carbocycles. The third kappa shape index (κ3) is 1.98. The minimum Gasteiger partial charge on any atom is -0.314 e. The van der Waals surface area contributed by atoms with Gasteiger partial charge in [-0.2, -0.15) is 0 Å². The zero-order valence-electron chi connectivity index (χ0n) is 9.95. The summed E-state index contributed by atoms with van der Waals surface area (Å²) in [7, 11) is 0. The Labute approximate surface area is 96.4 Å². The summed E-state index contributed by atoms with van der Waals surface area (Å²) < 4.78 is 2.33. The Morgan fingerprint density at radius 1 is 1.25 bits per heavy atom. The van der Waals surface area contributed by atoms with Gasteiger partial charge in [0.05, 0.1) is 6.04 Å². The molecule has 3 rings (SSSR count). The van der Waals surface area contributed by atoms with Crippen LogP contribution in [0.5, 0.6) is 0 Å². The van der Waals surface area contributed by atoms with Crippen molar-refractivity contribution in [1.29, 1.82) is 0 Å². The largest absolute Gasteiger partial charge is 0.314 e. The van der Waals surface area contributed by atoms with E-state index in [-0.39, 0.29) is 0 Å². The number of aromatic nitrogens is 3. The van der Waals surface area contributed by atoms with Crippen molar-refractivity contribution in [2.45, 2.75) is 51.6 Å². The minimum absolute atomic E-state index is 0.439. The van der Waals surface area contributed by atoms with E-state index in [1.807, 2.05) is 0 Å². The molecule has 0 spiro atoms. The summed E-state index contributed by atoms with van der Waals surface area (Å²) in [6, 6.07) is 0.439. The fraction of sp³-hybridized carbons (Fsp3) is 0.833. The fourth-order valence-electron chi connectivity index (χ4n) is 2.51. The highest BCUT2D eigenvalue weighted by Crippen LogP contribution is 2.32. The molecule has 4 nitrogen and oxygen atoms in total. The van der Waals surface area contributed by atoms with E-state index in [9.17, 15) is 0 Å². The average molecular weight is 220 g/mol. The molecule has 1 aromatic rings. The molecule has 1 atom stereocenters. The maximum Gasteiger partial charge on any atom is 0.150 e. The van der Waals surface area contributed by atoms with Crippen molar-refractivity contribution in [3.05, 3.63) is 11.6 Å². The van der Waals surface area contributed by atoms with Gasteiger partial charge in [0.2, 0.25) is 0 Å². The van der Waals surface area contributed by atoms with Crippen LogP contribution in [0.3, 0.4) is 0 Å². The van der Waals surface area contributed by atoms with E-state index < -0.39 is 0 Å². The fourth-order valence-corrected chi connectivity index (χ4v) is 2.51. The first-order valence-corrected chi connectivity index (χ1v) is 6.47. The molecule has 1 N–H and O–H groups in total. The zero-order valence-corrected chi connectivity index (χ0v) is 9.95. The van der Waals surface area contributed by atoms with Crippen molar-refractivity contribution < 1.29 is 0 Å². The highest BCUT2D eigenvalue weighted by atomic mass is 15.3. The second-order valence-corrected chi connectivity index (χ2v) is 5.16. The number of hydrogen-bond donors (Lipinski definition) is 1. The van der Waals surface area contributed by atoms with Gasteiger partial charge in [0, 0.05) is 6.54 Å². The SMILES string of the molecule is Cc1nnc(C2CCCCN2)n1CC1CC1. The predicted octanol–water partition coefficient (Wildman–Crippen LogP) is 1.81. The molecule has 0 radical (unpaired) electrons. The highest BCUT2D eigenvalue weighted by molar-refractivity contribution is 5.02. The predicted molar refractivity (Wildman–Crippen MR) is 62.1 cm³/mol. The first-order chi connectivity index (χ1) is 7.84. The van der Waals surface area contributed by atoms with Crippen LogP contribution in [-0.4, -0.2) is 21.3 Å². The Morgan fingerprint density at radius 2 is 2.12 bits per heavy atom. The molecule has 0 bridgehead atoms. The van der Waals surface area contributed by atoms with Gasteiger partial charge in [-0.15, -0.1) is 10.2 Å². The Kier molecular flexibility index (Phi) is 2.67. The molecular weight excluding hydrogens is 200 g/mol. The topological polar surface area (TPSA) is 42.7 Å². The van der Waals surface area contributed by atoms with E-state index in [1.54, 1.807) is 0 Å². The van der Waals surface area contributed by atoms with Gasteiger partial charge in [-0.3, -0.25) is 0 Å². The summed E-state index contributed by atoms with van der Waals surface area (Å²) in [6.07, 6.45) is 6.59. The zero-order chi connectivity index (χ0) is 11.0. The third-order valence-corrected chi connectivity index (χ3v) is 3.72. The van der Waals surface area contributed by atoms with Gasteiger partial charge >= 0.3 is 0 Å². The van der Waals surface area contributed by atoms with Crippen molar-refractivity contribution >= 4 is 0 Å². The lowest BCUT2D eigenvalue weighted by atomic mass is 10.0. The molecule has 2 heterocycles. The number of aryl methyl sites for hydroxylation is 1. The lowest BCUT2D eigenvalue weighted by molar-refractivity contribution is 0.381. The standard InChI is InChI=1S/C12H20N4/c1-9-14-15-12(11-4-2-3-7-13-11)16(9)8-10-5-6-10/h10-11,13H,2-8H2,1H3. The molecule has 88 valence electrons. The van der Waals surface area contributed by atoms with Crippen molar-refractivity contribution in [1.82, 2.24) is 20.1 Å². The van der Waals surface area contributed by atoms with Gasteiger partial charge < -0.3 is 9.88 Å². The Balaban J connectivity index is 1.80. The number of hydrogen-bond acceptors (Lipinski definition) is 3. The first kappa shape index (κ1) is 10.3. The number of nitrogens with zero attached hydrogens (tertiary/aromatic N) is 3. The lowest BCUT2D eigenvalue weighted by Crippen LogP contribution is -2.29. The second-order valence-electron chi connectivity index (χ2n) is 5.16. The molecule has 1 aliphatic carbocycles. The van der Waals surface area contributed by atoms with Crippen molar-refractivity contribution in [2.24, 2.45) is 5.92 Å². The molecule has 1 unspecified atom stereocenters. The Morgan fingerprint density at radius 3 is 2.81 bits per heavy atom. The maximum atomic E-state index is 4.37. The molecule has 0 aromatic carbocycles. The van der Waals surface area contributed by atoms with Crippen LogP contribution in [0.15, 0.2) is 0 Å². The van der Waals surface area contributed by atoms with Gasteiger partial charge in [-0.05, 0) is 45.1 Å². The van der Waals surface area contributed by atoms with Crippen LogP contribution in [0.1, 0.15) is 49.8 Å². The summed E-state index contributed by atoms with van der Waals surface area (Å²) in [5.41, 5.74) is 0. The average Bonchev–Trinajstić information content (AvgIpc) is 3.06. The normalized spacial score (nSPS) is 25.9. The van der Waals surface area contributed by atoms with Crippen molar-refractivity contribution in [3.8, 4) is 0 Å². The molecule has 1 saturated heterocycles. The number of piperidine rings is 1. The Hall–Kier alpha value is -0.900. The van der Waals surface area contributed by atoms with Crippen LogP contribution >= 0.6 is 0 Å². The van der Waals surface area contributed by atoms with Crippen molar-refractivity contribution in [2.75, 3.05) is 6.54 Å². The summed E-state index contributed by atoms with van der Waals surface area (Å²) in [5.74, 6) is 3.13. The van der Waals surface area contributed by atoms with E-state index in [4.69, 9.17) is 0 Å². The van der Waals surface area contributed by atoms with Gasteiger partial charge in [0.25, 0.3) is 0 Å². The summed E-state index contributed by atoms with van der Waals surface area (Å²) >= 11 is 0. The number of nitrogens with one attached hydrogen (secondary N) is 1. The van der Waals surface area contributed by atoms with E-state index in [0.29, 0.717) is 6.04 Å². The van der Waals surface area contributed by atoms with Crippen LogP contribution in [0, 0.1) is 12.8 Å². The highest BCUT2D eigenvalue weighted by Gasteiger charge is 2.27. The van der Waals surface area contributed by atoms with Gasteiger partial charge in [-0.25, -0.2) is 0 Å². The minimum atomic E-state index is 0.439. The van der Waals surface area contributed by atoms with Gasteiger partial charge in [0.15, 0.2) is 0 Å². The molecule has 2 aliphatic rings. The van der Waals surface area contributed by atoms with E-state index >= 15 is 0 Å². The maximum absolute atomic E-state index is 4.37.